The van der Waals surface area contributed by atoms with Crippen LogP contribution >= 0.6 is 0 Å². The minimum Gasteiger partial charge on any atom is -0.493 e. The Kier molecular flexibility index (Phi) is 4.65. The van der Waals surface area contributed by atoms with E-state index in [2.05, 4.69) is 0 Å². The lowest BCUT2D eigenvalue weighted by Crippen LogP contribution is -2.40. The number of nitrogens with zero attached hydrogens (tertiary/aromatic N) is 1. The van der Waals surface area contributed by atoms with E-state index in [9.17, 15) is 12.8 Å². The summed E-state index contributed by atoms with van der Waals surface area (Å²) in [5.41, 5.74) is 0.582. The molecule has 1 unspecified atom stereocenters. The fourth-order valence-electron chi connectivity index (χ4n) is 2.34. The topological polar surface area (TPSA) is 46.6 Å². The summed E-state index contributed by atoms with van der Waals surface area (Å²) in [6, 6.07) is 4.77. The zero-order valence-corrected chi connectivity index (χ0v) is 12.6. The second-order valence-corrected chi connectivity index (χ2v) is 7.33. The Hall–Kier alpha value is -1.14. The summed E-state index contributed by atoms with van der Waals surface area (Å²) in [5, 5.41) is 0. The van der Waals surface area contributed by atoms with Crippen LogP contribution in [0.2, 0.25) is 0 Å². The summed E-state index contributed by atoms with van der Waals surface area (Å²) in [4.78, 5) is 0. The standard InChI is InChI=1S/C14H20FNO3S/c1-11-5-6-13(8-14(11)15)19-10-12-4-3-7-16(9-12)20(2,17)18/h5-6,8,12H,3-4,7,9-10H2,1-2H3. The first kappa shape index (κ1) is 15.3. The molecule has 1 fully saturated rings. The molecule has 1 aliphatic heterocycles. The van der Waals surface area contributed by atoms with Gasteiger partial charge in [-0.15, -0.1) is 0 Å². The van der Waals surface area contributed by atoms with E-state index in [-0.39, 0.29) is 11.7 Å². The van der Waals surface area contributed by atoms with Crippen molar-refractivity contribution in [3.63, 3.8) is 0 Å². The van der Waals surface area contributed by atoms with Gasteiger partial charge in [0, 0.05) is 25.1 Å². The van der Waals surface area contributed by atoms with Gasteiger partial charge in [-0.2, -0.15) is 0 Å². The van der Waals surface area contributed by atoms with Crippen molar-refractivity contribution in [2.24, 2.45) is 5.92 Å². The van der Waals surface area contributed by atoms with Crippen LogP contribution < -0.4 is 4.74 Å². The minimum absolute atomic E-state index is 0.155. The molecule has 0 bridgehead atoms. The number of ether oxygens (including phenoxy) is 1. The molecule has 0 amide bonds. The highest BCUT2D eigenvalue weighted by Gasteiger charge is 2.26. The highest BCUT2D eigenvalue weighted by atomic mass is 32.2. The first-order valence-electron chi connectivity index (χ1n) is 6.70. The second-order valence-electron chi connectivity index (χ2n) is 5.35. The Morgan fingerprint density at radius 3 is 2.85 bits per heavy atom. The zero-order valence-electron chi connectivity index (χ0n) is 11.8. The van der Waals surface area contributed by atoms with E-state index < -0.39 is 10.0 Å². The Bertz CT molecular complexity index is 574. The number of sulfonamides is 1. The molecule has 1 aliphatic rings. The molecule has 2 rings (SSSR count). The van der Waals surface area contributed by atoms with Gasteiger partial charge in [-0.1, -0.05) is 6.07 Å². The van der Waals surface area contributed by atoms with Crippen LogP contribution in [0.4, 0.5) is 4.39 Å². The monoisotopic (exact) mass is 301 g/mol. The first-order valence-corrected chi connectivity index (χ1v) is 8.55. The van der Waals surface area contributed by atoms with Crippen LogP contribution in [0, 0.1) is 18.7 Å². The van der Waals surface area contributed by atoms with Crippen LogP contribution in [0.5, 0.6) is 5.75 Å². The molecule has 20 heavy (non-hydrogen) atoms. The average Bonchev–Trinajstić information content (AvgIpc) is 2.39. The van der Waals surface area contributed by atoms with E-state index in [1.807, 2.05) is 0 Å². The summed E-state index contributed by atoms with van der Waals surface area (Å²) in [7, 11) is -3.14. The van der Waals surface area contributed by atoms with Gasteiger partial charge in [0.05, 0.1) is 12.9 Å². The smallest absolute Gasteiger partial charge is 0.211 e. The van der Waals surface area contributed by atoms with Crippen LogP contribution in [0.15, 0.2) is 18.2 Å². The van der Waals surface area contributed by atoms with Crippen molar-refractivity contribution in [1.82, 2.24) is 4.31 Å². The molecule has 4 nitrogen and oxygen atoms in total. The predicted molar refractivity (Wildman–Crippen MR) is 75.8 cm³/mol. The molecule has 0 radical (unpaired) electrons. The van der Waals surface area contributed by atoms with Gasteiger partial charge in [0.1, 0.15) is 11.6 Å². The number of rotatable bonds is 4. The van der Waals surface area contributed by atoms with E-state index in [1.165, 1.54) is 16.6 Å². The number of halogens is 1. The van der Waals surface area contributed by atoms with Gasteiger partial charge in [-0.05, 0) is 31.4 Å². The van der Waals surface area contributed by atoms with E-state index in [0.29, 0.717) is 31.0 Å². The van der Waals surface area contributed by atoms with E-state index in [4.69, 9.17) is 4.74 Å². The molecule has 112 valence electrons. The van der Waals surface area contributed by atoms with Crippen molar-refractivity contribution in [1.29, 1.82) is 0 Å². The molecule has 1 aromatic rings. The predicted octanol–water partition coefficient (Wildman–Crippen LogP) is 2.18. The van der Waals surface area contributed by atoms with Gasteiger partial charge in [0.2, 0.25) is 10.0 Å². The fraction of sp³-hybridized carbons (Fsp3) is 0.571. The highest BCUT2D eigenvalue weighted by molar-refractivity contribution is 7.88. The normalized spacial score (nSPS) is 20.9. The average molecular weight is 301 g/mol. The lowest BCUT2D eigenvalue weighted by Gasteiger charge is -2.30. The zero-order chi connectivity index (χ0) is 14.8. The molecule has 0 aliphatic carbocycles. The van der Waals surface area contributed by atoms with Gasteiger partial charge in [0.15, 0.2) is 0 Å². The maximum Gasteiger partial charge on any atom is 0.211 e. The number of benzene rings is 1. The Labute approximate surface area is 119 Å². The van der Waals surface area contributed by atoms with Crippen molar-refractivity contribution in [2.75, 3.05) is 26.0 Å². The molecule has 6 heteroatoms. The van der Waals surface area contributed by atoms with Crippen molar-refractivity contribution in [3.05, 3.63) is 29.6 Å². The summed E-state index contributed by atoms with van der Waals surface area (Å²) >= 11 is 0. The second kappa shape index (κ2) is 6.10. The summed E-state index contributed by atoms with van der Waals surface area (Å²) in [6.07, 6.45) is 3.00. The maximum absolute atomic E-state index is 13.4. The Morgan fingerprint density at radius 1 is 1.45 bits per heavy atom. The SMILES string of the molecule is Cc1ccc(OCC2CCCN(S(C)(=O)=O)C2)cc1F. The van der Waals surface area contributed by atoms with Crippen molar-refractivity contribution < 1.29 is 17.5 Å². The van der Waals surface area contributed by atoms with Gasteiger partial charge in [-0.25, -0.2) is 17.1 Å². The third-order valence-electron chi connectivity index (χ3n) is 3.58. The largest absolute Gasteiger partial charge is 0.493 e. The fourth-order valence-corrected chi connectivity index (χ4v) is 3.28. The van der Waals surface area contributed by atoms with Crippen LogP contribution in [-0.4, -0.2) is 38.7 Å². The third-order valence-corrected chi connectivity index (χ3v) is 4.85. The lowest BCUT2D eigenvalue weighted by atomic mass is 10.0. The van der Waals surface area contributed by atoms with Gasteiger partial charge >= 0.3 is 0 Å². The van der Waals surface area contributed by atoms with E-state index >= 15 is 0 Å². The molecule has 0 saturated carbocycles. The molecule has 0 aromatic heterocycles. The lowest BCUT2D eigenvalue weighted by molar-refractivity contribution is 0.180. The molecule has 0 spiro atoms. The molecule has 1 atom stereocenters. The third kappa shape index (κ3) is 3.93. The molecule has 1 saturated heterocycles. The van der Waals surface area contributed by atoms with Crippen molar-refractivity contribution in [2.45, 2.75) is 19.8 Å². The van der Waals surface area contributed by atoms with Crippen LogP contribution in [0.1, 0.15) is 18.4 Å². The van der Waals surface area contributed by atoms with E-state index in [0.717, 1.165) is 12.8 Å². The number of piperidine rings is 1. The first-order chi connectivity index (χ1) is 9.36. The quantitative estimate of drug-likeness (QED) is 0.856. The number of hydrogen-bond acceptors (Lipinski definition) is 3. The van der Waals surface area contributed by atoms with Crippen LogP contribution in [0.3, 0.4) is 0 Å². The van der Waals surface area contributed by atoms with Crippen molar-refractivity contribution in [3.8, 4) is 5.75 Å². The molecular weight excluding hydrogens is 281 g/mol. The Balaban J connectivity index is 1.92. The van der Waals surface area contributed by atoms with Gasteiger partial charge < -0.3 is 4.74 Å². The summed E-state index contributed by atoms with van der Waals surface area (Å²) < 4.78 is 43.5. The maximum atomic E-state index is 13.4. The van der Waals surface area contributed by atoms with Crippen LogP contribution in [-0.2, 0) is 10.0 Å². The summed E-state index contributed by atoms with van der Waals surface area (Å²) in [5.74, 6) is 0.358. The van der Waals surface area contributed by atoms with Crippen LogP contribution in [0.25, 0.3) is 0 Å². The van der Waals surface area contributed by atoms with E-state index in [1.54, 1.807) is 19.1 Å². The molecule has 1 aromatic carbocycles. The Morgan fingerprint density at radius 2 is 2.20 bits per heavy atom. The summed E-state index contributed by atoms with van der Waals surface area (Å²) in [6.45, 7) is 3.17. The highest BCUT2D eigenvalue weighted by Crippen LogP contribution is 2.21. The van der Waals surface area contributed by atoms with Crippen molar-refractivity contribution >= 4 is 10.0 Å². The minimum atomic E-state index is -3.14. The number of aryl methyl sites for hydroxylation is 1. The number of hydrogen-bond donors (Lipinski definition) is 0. The van der Waals surface area contributed by atoms with Gasteiger partial charge in [0.25, 0.3) is 0 Å². The van der Waals surface area contributed by atoms with Gasteiger partial charge in [-0.3, -0.25) is 0 Å². The molecular formula is C14H20FNO3S. The molecule has 1 heterocycles. The molecule has 0 N–H and O–H groups in total.